The summed E-state index contributed by atoms with van der Waals surface area (Å²) in [7, 11) is 1.56. The largest absolute Gasteiger partial charge is 0.360 e. The molecule has 0 heterocycles. The number of hydrogen-bond acceptors (Lipinski definition) is 4. The SMILES string of the molecule is CNC(=O)c1ccc(NC=C(C#N)C#N)cc1. The van der Waals surface area contributed by atoms with E-state index in [0.717, 1.165) is 0 Å². The van der Waals surface area contributed by atoms with Crippen LogP contribution >= 0.6 is 0 Å². The molecule has 0 saturated carbocycles. The zero-order valence-corrected chi connectivity index (χ0v) is 9.19. The van der Waals surface area contributed by atoms with Crippen molar-refractivity contribution in [3.05, 3.63) is 41.6 Å². The van der Waals surface area contributed by atoms with E-state index >= 15 is 0 Å². The fourth-order valence-electron chi connectivity index (χ4n) is 1.11. The van der Waals surface area contributed by atoms with Gasteiger partial charge in [0, 0.05) is 24.5 Å². The Bertz CT molecular complexity index is 501. The Morgan fingerprint density at radius 2 is 1.82 bits per heavy atom. The maximum atomic E-state index is 11.3. The normalized spacial score (nSPS) is 8.41. The average molecular weight is 226 g/mol. The molecule has 0 aromatic heterocycles. The van der Waals surface area contributed by atoms with E-state index in [0.29, 0.717) is 11.3 Å². The highest BCUT2D eigenvalue weighted by Gasteiger charge is 2.01. The summed E-state index contributed by atoms with van der Waals surface area (Å²) >= 11 is 0. The predicted molar refractivity (Wildman–Crippen MR) is 62.8 cm³/mol. The number of carbonyl (C=O) groups is 1. The second-order valence-electron chi connectivity index (χ2n) is 3.08. The summed E-state index contributed by atoms with van der Waals surface area (Å²) in [6.45, 7) is 0. The van der Waals surface area contributed by atoms with Crippen LogP contribution in [0.2, 0.25) is 0 Å². The van der Waals surface area contributed by atoms with Crippen molar-refractivity contribution in [2.45, 2.75) is 0 Å². The van der Waals surface area contributed by atoms with Crippen molar-refractivity contribution < 1.29 is 4.79 Å². The molecule has 0 fully saturated rings. The lowest BCUT2D eigenvalue weighted by molar-refractivity contribution is 0.0963. The number of benzene rings is 1. The minimum atomic E-state index is -0.165. The van der Waals surface area contributed by atoms with Crippen molar-refractivity contribution in [3.63, 3.8) is 0 Å². The Hall–Kier alpha value is -2.79. The summed E-state index contributed by atoms with van der Waals surface area (Å²) in [4.78, 5) is 11.3. The van der Waals surface area contributed by atoms with Crippen LogP contribution < -0.4 is 10.6 Å². The molecule has 0 aliphatic carbocycles. The van der Waals surface area contributed by atoms with E-state index in [2.05, 4.69) is 10.6 Å². The van der Waals surface area contributed by atoms with Crippen molar-refractivity contribution in [3.8, 4) is 12.1 Å². The van der Waals surface area contributed by atoms with Crippen LogP contribution in [0.3, 0.4) is 0 Å². The average Bonchev–Trinajstić information content (AvgIpc) is 2.39. The first kappa shape index (κ1) is 12.3. The van der Waals surface area contributed by atoms with Crippen molar-refractivity contribution in [1.29, 1.82) is 10.5 Å². The summed E-state index contributed by atoms with van der Waals surface area (Å²) in [6, 6.07) is 10.1. The Balaban J connectivity index is 2.77. The molecular formula is C12H10N4O. The zero-order chi connectivity index (χ0) is 12.7. The number of amides is 1. The highest BCUT2D eigenvalue weighted by Crippen LogP contribution is 2.09. The molecule has 0 atom stereocenters. The van der Waals surface area contributed by atoms with E-state index in [9.17, 15) is 4.79 Å². The van der Waals surface area contributed by atoms with Gasteiger partial charge in [-0.1, -0.05) is 0 Å². The first-order valence-corrected chi connectivity index (χ1v) is 4.80. The molecule has 0 bridgehead atoms. The molecule has 84 valence electrons. The Morgan fingerprint density at radius 1 is 1.24 bits per heavy atom. The Labute approximate surface area is 99.0 Å². The van der Waals surface area contributed by atoms with Gasteiger partial charge < -0.3 is 10.6 Å². The number of nitrogens with one attached hydrogen (secondary N) is 2. The molecule has 17 heavy (non-hydrogen) atoms. The number of nitriles is 2. The van der Waals surface area contributed by atoms with Crippen molar-refractivity contribution in [2.24, 2.45) is 0 Å². The number of anilines is 1. The second kappa shape index (κ2) is 5.94. The predicted octanol–water partition coefficient (Wildman–Crippen LogP) is 1.39. The molecule has 5 heteroatoms. The minimum Gasteiger partial charge on any atom is -0.360 e. The topological polar surface area (TPSA) is 88.7 Å². The van der Waals surface area contributed by atoms with Crippen LogP contribution in [-0.4, -0.2) is 13.0 Å². The molecule has 2 N–H and O–H groups in total. The maximum Gasteiger partial charge on any atom is 0.251 e. The van der Waals surface area contributed by atoms with Crippen LogP contribution in [0.4, 0.5) is 5.69 Å². The van der Waals surface area contributed by atoms with Crippen molar-refractivity contribution in [2.75, 3.05) is 12.4 Å². The number of rotatable bonds is 3. The fraction of sp³-hybridized carbons (Fsp3) is 0.0833. The number of carbonyl (C=O) groups excluding carboxylic acids is 1. The smallest absolute Gasteiger partial charge is 0.251 e. The summed E-state index contributed by atoms with van der Waals surface area (Å²) < 4.78 is 0. The lowest BCUT2D eigenvalue weighted by atomic mass is 10.2. The van der Waals surface area contributed by atoms with Crippen LogP contribution in [0.25, 0.3) is 0 Å². The van der Waals surface area contributed by atoms with E-state index in [1.54, 1.807) is 43.5 Å². The molecule has 0 radical (unpaired) electrons. The summed E-state index contributed by atoms with van der Waals surface area (Å²) in [6.07, 6.45) is 1.31. The molecule has 1 rings (SSSR count). The van der Waals surface area contributed by atoms with Gasteiger partial charge in [-0.3, -0.25) is 4.79 Å². The van der Waals surface area contributed by atoms with Crippen molar-refractivity contribution in [1.82, 2.24) is 5.32 Å². The van der Waals surface area contributed by atoms with E-state index in [1.807, 2.05) is 0 Å². The molecule has 0 unspecified atom stereocenters. The monoisotopic (exact) mass is 226 g/mol. The molecule has 0 spiro atoms. The molecule has 5 nitrogen and oxygen atoms in total. The molecule has 0 aliphatic rings. The highest BCUT2D eigenvalue weighted by molar-refractivity contribution is 5.94. The van der Waals surface area contributed by atoms with Crippen LogP contribution in [0, 0.1) is 22.7 Å². The van der Waals surface area contributed by atoms with Gasteiger partial charge in [0.2, 0.25) is 0 Å². The first-order valence-electron chi connectivity index (χ1n) is 4.80. The first-order chi connectivity index (χ1) is 8.21. The van der Waals surface area contributed by atoms with Gasteiger partial charge >= 0.3 is 0 Å². The zero-order valence-electron chi connectivity index (χ0n) is 9.19. The second-order valence-corrected chi connectivity index (χ2v) is 3.08. The lowest BCUT2D eigenvalue weighted by Gasteiger charge is -2.02. The van der Waals surface area contributed by atoms with Gasteiger partial charge in [0.25, 0.3) is 5.91 Å². The van der Waals surface area contributed by atoms with Gasteiger partial charge in [0.15, 0.2) is 0 Å². The Kier molecular flexibility index (Phi) is 4.29. The molecule has 0 saturated heterocycles. The molecule has 1 amide bonds. The van der Waals surface area contributed by atoms with Crippen LogP contribution in [0.5, 0.6) is 0 Å². The molecule has 0 aliphatic heterocycles. The van der Waals surface area contributed by atoms with Gasteiger partial charge in [-0.25, -0.2) is 0 Å². The van der Waals surface area contributed by atoms with Gasteiger partial charge in [-0.2, -0.15) is 10.5 Å². The fourth-order valence-corrected chi connectivity index (χ4v) is 1.11. The third-order valence-corrected chi connectivity index (χ3v) is 2.00. The van der Waals surface area contributed by atoms with Gasteiger partial charge in [-0.15, -0.1) is 0 Å². The van der Waals surface area contributed by atoms with Crippen molar-refractivity contribution >= 4 is 11.6 Å². The minimum absolute atomic E-state index is 0.0135. The third-order valence-electron chi connectivity index (χ3n) is 2.00. The van der Waals surface area contributed by atoms with Crippen LogP contribution in [0.1, 0.15) is 10.4 Å². The van der Waals surface area contributed by atoms with E-state index in [1.165, 1.54) is 6.20 Å². The van der Waals surface area contributed by atoms with Crippen LogP contribution in [-0.2, 0) is 0 Å². The highest BCUT2D eigenvalue weighted by atomic mass is 16.1. The molecule has 1 aromatic carbocycles. The number of allylic oxidation sites excluding steroid dienone is 1. The summed E-state index contributed by atoms with van der Waals surface area (Å²) in [5.74, 6) is -0.165. The van der Waals surface area contributed by atoms with Crippen LogP contribution in [0.15, 0.2) is 36.0 Å². The Morgan fingerprint density at radius 3 is 2.29 bits per heavy atom. The van der Waals surface area contributed by atoms with E-state index in [4.69, 9.17) is 10.5 Å². The van der Waals surface area contributed by atoms with E-state index in [-0.39, 0.29) is 11.5 Å². The standard InChI is InChI=1S/C12H10N4O/c1-15-12(17)10-2-4-11(5-3-10)16-8-9(6-13)7-14/h2-5,8,16H,1H3,(H,15,17). The van der Waals surface area contributed by atoms with Gasteiger partial charge in [0.05, 0.1) is 0 Å². The van der Waals surface area contributed by atoms with E-state index < -0.39 is 0 Å². The van der Waals surface area contributed by atoms with Gasteiger partial charge in [-0.05, 0) is 24.3 Å². The quantitative estimate of drug-likeness (QED) is 0.762. The lowest BCUT2D eigenvalue weighted by Crippen LogP contribution is -2.17. The molecular weight excluding hydrogens is 216 g/mol. The summed E-state index contributed by atoms with van der Waals surface area (Å²) in [5, 5.41) is 22.3. The number of hydrogen-bond donors (Lipinski definition) is 2. The maximum absolute atomic E-state index is 11.3. The molecule has 1 aromatic rings. The summed E-state index contributed by atoms with van der Waals surface area (Å²) in [5.41, 5.74) is 1.23. The number of nitrogens with zero attached hydrogens (tertiary/aromatic N) is 2. The third kappa shape index (κ3) is 3.37. The van der Waals surface area contributed by atoms with Gasteiger partial charge in [0.1, 0.15) is 17.7 Å².